The van der Waals surface area contributed by atoms with Gasteiger partial charge in [0.1, 0.15) is 11.4 Å². The van der Waals surface area contributed by atoms with E-state index in [-0.39, 0.29) is 29.0 Å². The standard InChI is InChI=1S/C22H27N5O3/c1-12-10-13(2)25(4)21(29)18(12)22(30)27-9-7-6-8-16(27)19-23-14(3)15-11-17(28)26(5)20(15)24-19/h10,16H,6-9,11H2,1-5H3/t16-/m0/s1. The average molecular weight is 409 g/mol. The van der Waals surface area contributed by atoms with E-state index in [0.29, 0.717) is 30.2 Å². The van der Waals surface area contributed by atoms with Crippen molar-refractivity contribution < 1.29 is 9.59 Å². The van der Waals surface area contributed by atoms with Gasteiger partial charge in [0, 0.05) is 37.6 Å². The fourth-order valence-corrected chi connectivity index (χ4v) is 4.45. The molecule has 0 bridgehead atoms. The van der Waals surface area contributed by atoms with Crippen molar-refractivity contribution >= 4 is 17.6 Å². The Morgan fingerprint density at radius 3 is 2.57 bits per heavy atom. The summed E-state index contributed by atoms with van der Waals surface area (Å²) in [4.78, 5) is 51.2. The van der Waals surface area contributed by atoms with Crippen LogP contribution in [0.1, 0.15) is 64.0 Å². The van der Waals surface area contributed by atoms with Crippen LogP contribution >= 0.6 is 0 Å². The Hall–Kier alpha value is -3.03. The van der Waals surface area contributed by atoms with Crippen LogP contribution < -0.4 is 10.5 Å². The number of anilines is 1. The number of fused-ring (bicyclic) bond motifs is 1. The molecule has 158 valence electrons. The average Bonchev–Trinajstić information content (AvgIpc) is 3.01. The number of nitrogens with zero attached hydrogens (tertiary/aromatic N) is 5. The molecular weight excluding hydrogens is 382 g/mol. The van der Waals surface area contributed by atoms with Gasteiger partial charge in [0.05, 0.1) is 12.5 Å². The number of piperidine rings is 1. The summed E-state index contributed by atoms with van der Waals surface area (Å²) >= 11 is 0. The highest BCUT2D eigenvalue weighted by Crippen LogP contribution is 2.34. The molecule has 4 heterocycles. The van der Waals surface area contributed by atoms with E-state index < -0.39 is 0 Å². The van der Waals surface area contributed by atoms with Crippen LogP contribution in [0.5, 0.6) is 0 Å². The van der Waals surface area contributed by atoms with E-state index in [9.17, 15) is 14.4 Å². The van der Waals surface area contributed by atoms with Gasteiger partial charge in [0.15, 0.2) is 5.82 Å². The number of hydrogen-bond donors (Lipinski definition) is 0. The van der Waals surface area contributed by atoms with Gasteiger partial charge in [-0.05, 0) is 51.7 Å². The number of amides is 2. The lowest BCUT2D eigenvalue weighted by Gasteiger charge is -2.35. The van der Waals surface area contributed by atoms with Gasteiger partial charge in [0.25, 0.3) is 11.5 Å². The zero-order chi connectivity index (χ0) is 21.7. The monoisotopic (exact) mass is 409 g/mol. The first-order valence-electron chi connectivity index (χ1n) is 10.3. The number of rotatable bonds is 2. The van der Waals surface area contributed by atoms with Crippen molar-refractivity contribution in [2.24, 2.45) is 7.05 Å². The topological polar surface area (TPSA) is 88.4 Å². The van der Waals surface area contributed by atoms with Crippen molar-refractivity contribution in [3.05, 3.63) is 50.3 Å². The van der Waals surface area contributed by atoms with Crippen LogP contribution in [0.2, 0.25) is 0 Å². The lowest BCUT2D eigenvalue weighted by Crippen LogP contribution is -2.43. The van der Waals surface area contributed by atoms with E-state index in [2.05, 4.69) is 9.97 Å². The van der Waals surface area contributed by atoms with Gasteiger partial charge < -0.3 is 9.47 Å². The molecule has 4 rings (SSSR count). The minimum Gasteiger partial charge on any atom is -0.328 e. The number of likely N-dealkylation sites (N-methyl/N-ethyl adjacent to an activating group) is 1. The number of aromatic nitrogens is 3. The van der Waals surface area contributed by atoms with E-state index in [1.54, 1.807) is 30.8 Å². The molecule has 2 aromatic rings. The molecule has 0 N–H and O–H groups in total. The summed E-state index contributed by atoms with van der Waals surface area (Å²) in [7, 11) is 3.40. The summed E-state index contributed by atoms with van der Waals surface area (Å²) in [5, 5.41) is 0. The van der Waals surface area contributed by atoms with Crippen molar-refractivity contribution in [1.82, 2.24) is 19.4 Å². The number of hydrogen-bond acceptors (Lipinski definition) is 5. The molecule has 8 heteroatoms. The van der Waals surface area contributed by atoms with Gasteiger partial charge in [-0.25, -0.2) is 9.97 Å². The summed E-state index contributed by atoms with van der Waals surface area (Å²) in [6.07, 6.45) is 2.86. The Morgan fingerprint density at radius 2 is 1.83 bits per heavy atom. The van der Waals surface area contributed by atoms with Crippen molar-refractivity contribution in [3.8, 4) is 0 Å². The fraction of sp³-hybridized carbons (Fsp3) is 0.500. The minimum atomic E-state index is -0.315. The lowest BCUT2D eigenvalue weighted by molar-refractivity contribution is -0.117. The summed E-state index contributed by atoms with van der Waals surface area (Å²) < 4.78 is 1.51. The second kappa shape index (κ2) is 7.34. The van der Waals surface area contributed by atoms with Gasteiger partial charge in [-0.1, -0.05) is 0 Å². The van der Waals surface area contributed by atoms with E-state index in [1.807, 2.05) is 19.9 Å². The molecule has 0 saturated carbocycles. The highest BCUT2D eigenvalue weighted by molar-refractivity contribution is 6.00. The van der Waals surface area contributed by atoms with Gasteiger partial charge in [0.2, 0.25) is 5.91 Å². The van der Waals surface area contributed by atoms with Crippen molar-refractivity contribution in [2.45, 2.75) is 52.5 Å². The highest BCUT2D eigenvalue weighted by atomic mass is 16.2. The third-order valence-electron chi connectivity index (χ3n) is 6.37. The molecule has 1 atom stereocenters. The van der Waals surface area contributed by atoms with Crippen LogP contribution in [0.25, 0.3) is 0 Å². The molecule has 0 unspecified atom stereocenters. The van der Waals surface area contributed by atoms with Crippen LogP contribution in [-0.2, 0) is 18.3 Å². The summed E-state index contributed by atoms with van der Waals surface area (Å²) in [5.41, 5.74) is 3.05. The molecule has 2 aliphatic rings. The molecule has 0 aliphatic carbocycles. The molecule has 0 spiro atoms. The maximum atomic E-state index is 13.5. The smallest absolute Gasteiger partial charge is 0.263 e. The molecule has 2 aromatic heterocycles. The van der Waals surface area contributed by atoms with E-state index in [1.165, 1.54) is 4.57 Å². The lowest BCUT2D eigenvalue weighted by atomic mass is 9.98. The summed E-state index contributed by atoms with van der Waals surface area (Å²) in [5.74, 6) is 0.893. The molecule has 8 nitrogen and oxygen atoms in total. The van der Waals surface area contributed by atoms with Crippen LogP contribution in [0.4, 0.5) is 5.82 Å². The van der Waals surface area contributed by atoms with Crippen LogP contribution in [0.15, 0.2) is 10.9 Å². The quantitative estimate of drug-likeness (QED) is 0.757. The van der Waals surface area contributed by atoms with Crippen molar-refractivity contribution in [2.75, 3.05) is 18.5 Å². The minimum absolute atomic E-state index is 0.00472. The maximum absolute atomic E-state index is 13.5. The first-order valence-corrected chi connectivity index (χ1v) is 10.3. The number of carbonyl (C=O) groups is 2. The van der Waals surface area contributed by atoms with Gasteiger partial charge >= 0.3 is 0 Å². The predicted molar refractivity (Wildman–Crippen MR) is 113 cm³/mol. The molecule has 30 heavy (non-hydrogen) atoms. The van der Waals surface area contributed by atoms with E-state index in [0.717, 1.165) is 36.2 Å². The summed E-state index contributed by atoms with van der Waals surface area (Å²) in [6, 6.07) is 1.55. The molecule has 1 saturated heterocycles. The Balaban J connectivity index is 1.77. The molecule has 0 radical (unpaired) electrons. The molecule has 2 aliphatic heterocycles. The number of carbonyl (C=O) groups excluding carboxylic acids is 2. The SMILES string of the molecule is Cc1cc(C)n(C)c(=O)c1C(=O)N1CCCC[C@H]1c1nc(C)c2c(n1)N(C)C(=O)C2. The van der Waals surface area contributed by atoms with Crippen molar-refractivity contribution in [3.63, 3.8) is 0 Å². The van der Waals surface area contributed by atoms with Crippen LogP contribution in [0.3, 0.4) is 0 Å². The first kappa shape index (κ1) is 20.3. The fourth-order valence-electron chi connectivity index (χ4n) is 4.45. The highest BCUT2D eigenvalue weighted by Gasteiger charge is 2.35. The predicted octanol–water partition coefficient (Wildman–Crippen LogP) is 1.99. The zero-order valence-corrected chi connectivity index (χ0v) is 18.2. The zero-order valence-electron chi connectivity index (χ0n) is 18.2. The largest absolute Gasteiger partial charge is 0.328 e. The van der Waals surface area contributed by atoms with Gasteiger partial charge in [-0.3, -0.25) is 19.3 Å². The number of likely N-dealkylation sites (tertiary alicyclic amines) is 1. The molecule has 2 amide bonds. The maximum Gasteiger partial charge on any atom is 0.263 e. The Labute approximate surface area is 175 Å². The summed E-state index contributed by atoms with van der Waals surface area (Å²) in [6.45, 7) is 6.09. The first-order chi connectivity index (χ1) is 14.2. The third kappa shape index (κ3) is 3.11. The third-order valence-corrected chi connectivity index (χ3v) is 6.37. The van der Waals surface area contributed by atoms with Crippen LogP contribution in [-0.4, -0.2) is 44.8 Å². The second-order valence-electron chi connectivity index (χ2n) is 8.32. The second-order valence-corrected chi connectivity index (χ2v) is 8.32. The Bertz CT molecular complexity index is 1120. The van der Waals surface area contributed by atoms with Crippen LogP contribution in [0, 0.1) is 20.8 Å². The number of aryl methyl sites for hydroxylation is 3. The van der Waals surface area contributed by atoms with Gasteiger partial charge in [-0.2, -0.15) is 0 Å². The van der Waals surface area contributed by atoms with E-state index in [4.69, 9.17) is 0 Å². The normalized spacial score (nSPS) is 18.7. The number of pyridine rings is 1. The Kier molecular flexibility index (Phi) is 4.95. The molecule has 1 fully saturated rings. The van der Waals surface area contributed by atoms with Crippen molar-refractivity contribution in [1.29, 1.82) is 0 Å². The van der Waals surface area contributed by atoms with Gasteiger partial charge in [-0.15, -0.1) is 0 Å². The molecule has 0 aromatic carbocycles. The molecular formula is C22H27N5O3. The Morgan fingerprint density at radius 1 is 1.10 bits per heavy atom. The van der Waals surface area contributed by atoms with E-state index >= 15 is 0 Å².